The average molecular weight is 316 g/mol. The summed E-state index contributed by atoms with van der Waals surface area (Å²) in [6.45, 7) is 0. The SMILES string of the molecule is O=C(CBr)Cc1ccc(Cl)cc1C(F)(F)F. The van der Waals surface area contributed by atoms with Crippen LogP contribution in [0.2, 0.25) is 5.02 Å². The topological polar surface area (TPSA) is 17.1 Å². The van der Waals surface area contributed by atoms with Crippen LogP contribution in [-0.2, 0) is 17.4 Å². The van der Waals surface area contributed by atoms with E-state index in [2.05, 4.69) is 15.9 Å². The van der Waals surface area contributed by atoms with Crippen molar-refractivity contribution in [1.82, 2.24) is 0 Å². The lowest BCUT2D eigenvalue weighted by Crippen LogP contribution is -2.13. The van der Waals surface area contributed by atoms with Crippen molar-refractivity contribution in [2.45, 2.75) is 12.6 Å². The van der Waals surface area contributed by atoms with Crippen molar-refractivity contribution in [2.24, 2.45) is 0 Å². The minimum absolute atomic E-state index is 0.00219. The number of hydrogen-bond acceptors (Lipinski definition) is 1. The third kappa shape index (κ3) is 3.49. The smallest absolute Gasteiger partial charge is 0.298 e. The predicted molar refractivity (Wildman–Crippen MR) is 59.0 cm³/mol. The van der Waals surface area contributed by atoms with Gasteiger partial charge in [0.1, 0.15) is 5.78 Å². The lowest BCUT2D eigenvalue weighted by molar-refractivity contribution is -0.138. The maximum Gasteiger partial charge on any atom is 0.416 e. The zero-order valence-corrected chi connectivity index (χ0v) is 10.3. The molecular formula is C10H7BrClF3O. The van der Waals surface area contributed by atoms with Gasteiger partial charge in [-0.25, -0.2) is 0 Å². The van der Waals surface area contributed by atoms with Gasteiger partial charge in [-0.3, -0.25) is 4.79 Å². The minimum atomic E-state index is -4.49. The minimum Gasteiger partial charge on any atom is -0.298 e. The molecule has 1 nitrogen and oxygen atoms in total. The molecule has 0 atom stereocenters. The average Bonchev–Trinajstić information content (AvgIpc) is 2.19. The summed E-state index contributed by atoms with van der Waals surface area (Å²) in [7, 11) is 0. The van der Waals surface area contributed by atoms with E-state index in [-0.39, 0.29) is 28.1 Å². The molecule has 0 fully saturated rings. The van der Waals surface area contributed by atoms with Gasteiger partial charge in [-0.1, -0.05) is 33.6 Å². The van der Waals surface area contributed by atoms with E-state index in [0.29, 0.717) is 0 Å². The van der Waals surface area contributed by atoms with Gasteiger partial charge in [-0.05, 0) is 17.7 Å². The molecule has 0 bridgehead atoms. The lowest BCUT2D eigenvalue weighted by atomic mass is 10.0. The molecule has 0 spiro atoms. The van der Waals surface area contributed by atoms with Crippen LogP contribution >= 0.6 is 27.5 Å². The maximum absolute atomic E-state index is 12.6. The zero-order valence-electron chi connectivity index (χ0n) is 7.94. The number of carbonyl (C=O) groups is 1. The molecule has 88 valence electrons. The summed E-state index contributed by atoms with van der Waals surface area (Å²) in [5.74, 6) is -0.312. The molecule has 0 aliphatic rings. The van der Waals surface area contributed by atoms with E-state index < -0.39 is 11.7 Å². The fraction of sp³-hybridized carbons (Fsp3) is 0.300. The van der Waals surface area contributed by atoms with Gasteiger partial charge in [0.2, 0.25) is 0 Å². The first-order chi connectivity index (χ1) is 7.34. The van der Waals surface area contributed by atoms with Crippen LogP contribution in [0.25, 0.3) is 0 Å². The Morgan fingerprint density at radius 1 is 1.38 bits per heavy atom. The van der Waals surface area contributed by atoms with Crippen LogP contribution in [-0.4, -0.2) is 11.1 Å². The van der Waals surface area contributed by atoms with Crippen LogP contribution in [0.1, 0.15) is 11.1 Å². The third-order valence-electron chi connectivity index (χ3n) is 1.91. The van der Waals surface area contributed by atoms with Crippen LogP contribution in [0.15, 0.2) is 18.2 Å². The van der Waals surface area contributed by atoms with Gasteiger partial charge in [0, 0.05) is 11.4 Å². The lowest BCUT2D eigenvalue weighted by Gasteiger charge is -2.12. The molecule has 0 saturated carbocycles. The molecule has 1 rings (SSSR count). The van der Waals surface area contributed by atoms with Crippen LogP contribution in [0.3, 0.4) is 0 Å². The Hall–Kier alpha value is -0.550. The number of ketones is 1. The largest absolute Gasteiger partial charge is 0.416 e. The highest BCUT2D eigenvalue weighted by Gasteiger charge is 2.33. The number of benzene rings is 1. The summed E-state index contributed by atoms with van der Waals surface area (Å²) >= 11 is 8.40. The summed E-state index contributed by atoms with van der Waals surface area (Å²) in [6, 6.07) is 3.40. The van der Waals surface area contributed by atoms with Crippen LogP contribution in [0, 0.1) is 0 Å². The highest BCUT2D eigenvalue weighted by molar-refractivity contribution is 9.09. The number of carbonyl (C=O) groups excluding carboxylic acids is 1. The highest BCUT2D eigenvalue weighted by atomic mass is 79.9. The molecule has 0 aliphatic carbocycles. The first-order valence-electron chi connectivity index (χ1n) is 4.28. The molecular weight excluding hydrogens is 308 g/mol. The maximum atomic E-state index is 12.6. The van der Waals surface area contributed by atoms with Crippen molar-refractivity contribution in [3.63, 3.8) is 0 Å². The van der Waals surface area contributed by atoms with Crippen molar-refractivity contribution in [2.75, 3.05) is 5.33 Å². The second kappa shape index (κ2) is 5.19. The summed E-state index contributed by atoms with van der Waals surface area (Å²) in [5, 5.41) is 0.0368. The first-order valence-corrected chi connectivity index (χ1v) is 5.78. The normalized spacial score (nSPS) is 11.6. The van der Waals surface area contributed by atoms with Crippen molar-refractivity contribution in [3.05, 3.63) is 34.3 Å². The summed E-state index contributed by atoms with van der Waals surface area (Å²) < 4.78 is 37.8. The number of alkyl halides is 4. The molecule has 1 aromatic rings. The molecule has 1 aromatic carbocycles. The number of hydrogen-bond donors (Lipinski definition) is 0. The number of halogens is 5. The molecule has 16 heavy (non-hydrogen) atoms. The Morgan fingerprint density at radius 2 is 2.00 bits per heavy atom. The Labute approximate surface area is 104 Å². The van der Waals surface area contributed by atoms with Crippen LogP contribution in [0.5, 0.6) is 0 Å². The summed E-state index contributed by atoms with van der Waals surface area (Å²) in [6.07, 6.45) is -4.75. The molecule has 6 heteroatoms. The Bertz CT molecular complexity index is 404. The van der Waals surface area contributed by atoms with Gasteiger partial charge in [0.15, 0.2) is 0 Å². The zero-order chi connectivity index (χ0) is 12.3. The molecule has 0 N–H and O–H groups in total. The molecule has 0 saturated heterocycles. The van der Waals surface area contributed by atoms with Gasteiger partial charge in [-0.15, -0.1) is 0 Å². The molecule has 0 unspecified atom stereocenters. The van der Waals surface area contributed by atoms with Crippen molar-refractivity contribution in [1.29, 1.82) is 0 Å². The second-order valence-corrected chi connectivity index (χ2v) is 4.15. The quantitative estimate of drug-likeness (QED) is 0.774. The van der Waals surface area contributed by atoms with Gasteiger partial charge in [0.05, 0.1) is 10.9 Å². The third-order valence-corrected chi connectivity index (χ3v) is 2.77. The number of rotatable bonds is 3. The van der Waals surface area contributed by atoms with Gasteiger partial charge in [-0.2, -0.15) is 13.2 Å². The van der Waals surface area contributed by atoms with Gasteiger partial charge >= 0.3 is 6.18 Å². The van der Waals surface area contributed by atoms with E-state index in [1.165, 1.54) is 12.1 Å². The molecule has 0 amide bonds. The highest BCUT2D eigenvalue weighted by Crippen LogP contribution is 2.34. The summed E-state index contributed by atoms with van der Waals surface area (Å²) in [5.41, 5.74) is -0.907. The van der Waals surface area contributed by atoms with Gasteiger partial charge in [0.25, 0.3) is 0 Å². The van der Waals surface area contributed by atoms with E-state index in [0.717, 1.165) is 6.07 Å². The van der Waals surface area contributed by atoms with Crippen LogP contribution in [0.4, 0.5) is 13.2 Å². The molecule has 0 aromatic heterocycles. The Kier molecular flexibility index (Phi) is 4.38. The standard InChI is InChI=1S/C10H7BrClF3O/c11-5-8(16)3-6-1-2-7(12)4-9(6)10(13,14)15/h1-2,4H,3,5H2. The fourth-order valence-electron chi connectivity index (χ4n) is 1.23. The van der Waals surface area contributed by atoms with Crippen LogP contribution < -0.4 is 0 Å². The molecule has 0 aliphatic heterocycles. The van der Waals surface area contributed by atoms with Crippen molar-refractivity contribution in [3.8, 4) is 0 Å². The van der Waals surface area contributed by atoms with Gasteiger partial charge < -0.3 is 0 Å². The van der Waals surface area contributed by atoms with Crippen molar-refractivity contribution < 1.29 is 18.0 Å². The van der Waals surface area contributed by atoms with E-state index >= 15 is 0 Å². The van der Waals surface area contributed by atoms with E-state index in [1.807, 2.05) is 0 Å². The monoisotopic (exact) mass is 314 g/mol. The van der Waals surface area contributed by atoms with E-state index in [4.69, 9.17) is 11.6 Å². The predicted octanol–water partition coefficient (Wildman–Crippen LogP) is 3.87. The second-order valence-electron chi connectivity index (χ2n) is 3.15. The molecule has 0 radical (unpaired) electrons. The number of Topliss-reactive ketones (excluding diaryl/α,β-unsaturated/α-hetero) is 1. The summed E-state index contributed by atoms with van der Waals surface area (Å²) in [4.78, 5) is 11.1. The Morgan fingerprint density at radius 3 is 2.50 bits per heavy atom. The fourth-order valence-corrected chi connectivity index (χ4v) is 1.60. The van der Waals surface area contributed by atoms with E-state index in [1.54, 1.807) is 0 Å². The Balaban J connectivity index is 3.13. The molecule has 0 heterocycles. The first kappa shape index (κ1) is 13.5. The van der Waals surface area contributed by atoms with E-state index in [9.17, 15) is 18.0 Å². The van der Waals surface area contributed by atoms with Crippen molar-refractivity contribution >= 4 is 33.3 Å².